The molecule has 0 fully saturated rings. The predicted molar refractivity (Wildman–Crippen MR) is 28.1 cm³/mol. The van der Waals surface area contributed by atoms with E-state index in [-0.39, 0.29) is 37.7 Å². The van der Waals surface area contributed by atoms with Crippen LogP contribution in [0.1, 0.15) is 0 Å². The summed E-state index contributed by atoms with van der Waals surface area (Å²) in [6.45, 7) is 0. The third-order valence-electron chi connectivity index (χ3n) is 0. The summed E-state index contributed by atoms with van der Waals surface area (Å²) in [4.78, 5) is 0. The van der Waals surface area contributed by atoms with Crippen molar-refractivity contribution in [3.05, 3.63) is 0 Å². The van der Waals surface area contributed by atoms with Gasteiger partial charge < -0.3 is 11.5 Å². The van der Waals surface area contributed by atoms with Crippen molar-refractivity contribution in [1.82, 2.24) is 0 Å². The fraction of sp³-hybridized carbons (Fsp3) is 0. The Kier molecular flexibility index (Phi) is 91.3. The van der Waals surface area contributed by atoms with Gasteiger partial charge in [-0.1, -0.05) is 0 Å². The van der Waals surface area contributed by atoms with E-state index in [1.807, 2.05) is 0 Å². The second-order valence-corrected chi connectivity index (χ2v) is 0.258. The van der Waals surface area contributed by atoms with Crippen LogP contribution in [0.2, 0.25) is 0 Å². The second-order valence-electron chi connectivity index (χ2n) is 0.258. The van der Waals surface area contributed by atoms with Gasteiger partial charge in [-0.05, 0) is 0 Å². The Bertz CT molecular complexity index is 64.7. The van der Waals surface area contributed by atoms with Gasteiger partial charge in [-0.3, -0.25) is 0 Å². The van der Waals surface area contributed by atoms with Gasteiger partial charge in [0.25, 0.3) is 0 Å². The first-order valence-corrected chi connectivity index (χ1v) is 1.02. The minimum atomic E-state index is 0. The number of nitrogens with two attached hydrogens (primary N) is 2. The van der Waals surface area contributed by atoms with Crippen LogP contribution in [0, 0.1) is 22.9 Å². The Balaban J connectivity index is -0.0000000400. The maximum atomic E-state index is 7.10. The average molecular weight is 126 g/mol. The van der Waals surface area contributed by atoms with Crippen molar-refractivity contribution in [1.29, 1.82) is 10.5 Å². The van der Waals surface area contributed by atoms with Crippen molar-refractivity contribution in [3.8, 4) is 12.4 Å². The van der Waals surface area contributed by atoms with Crippen molar-refractivity contribution in [2.45, 2.75) is 0 Å². The zero-order chi connectivity index (χ0) is 5.41. The monoisotopic (exact) mass is 126 g/mol. The Hall–Kier alpha value is -0.160. The van der Waals surface area contributed by atoms with Crippen molar-refractivity contribution in [2.24, 2.45) is 11.5 Å². The summed E-state index contributed by atoms with van der Waals surface area (Å²) in [6.07, 6.45) is 2.50. The molecule has 0 heterocycles. The van der Waals surface area contributed by atoms with Crippen molar-refractivity contribution >= 4 is 37.7 Å². The van der Waals surface area contributed by atoms with Gasteiger partial charge in [0.15, 0.2) is 12.4 Å². The molecule has 0 aliphatic rings. The van der Waals surface area contributed by atoms with Crippen LogP contribution in [0.4, 0.5) is 0 Å². The maximum absolute atomic E-state index is 7.10. The number of hydrogen-bond acceptors (Lipinski definition) is 4. The van der Waals surface area contributed by atoms with E-state index < -0.39 is 0 Å². The fourth-order valence-corrected chi connectivity index (χ4v) is 0. The number of rotatable bonds is 0. The Morgan fingerprint density at radius 1 is 1.00 bits per heavy atom. The molecule has 0 bridgehead atoms. The number of hydrogen-bond donors (Lipinski definition) is 2. The molecule has 0 atom stereocenters. The van der Waals surface area contributed by atoms with Crippen LogP contribution in [0.25, 0.3) is 0 Å². The molecule has 5 heteroatoms. The molecule has 0 amide bonds. The van der Waals surface area contributed by atoms with Gasteiger partial charge >= 0.3 is 37.7 Å². The third kappa shape index (κ3) is 3350. The van der Waals surface area contributed by atoms with E-state index in [2.05, 4.69) is 11.5 Å². The molecule has 0 aromatic carbocycles. The van der Waals surface area contributed by atoms with Gasteiger partial charge in [0.05, 0.1) is 0 Å². The van der Waals surface area contributed by atoms with Crippen molar-refractivity contribution in [3.63, 3.8) is 0 Å². The van der Waals surface area contributed by atoms with Gasteiger partial charge in [-0.2, -0.15) is 10.5 Å². The Labute approximate surface area is 71.7 Å². The first-order valence-electron chi connectivity index (χ1n) is 1.02. The molecule has 0 aliphatic heterocycles. The van der Waals surface area contributed by atoms with E-state index in [1.54, 1.807) is 0 Å². The summed E-state index contributed by atoms with van der Waals surface area (Å²) >= 11 is 0. The second kappa shape index (κ2) is 40.4. The van der Waals surface area contributed by atoms with Crippen molar-refractivity contribution in [2.75, 3.05) is 0 Å². The molecule has 0 aromatic rings. The summed E-state index contributed by atoms with van der Waals surface area (Å²) in [5, 5.41) is 14.2. The zero-order valence-electron chi connectivity index (χ0n) is 3.05. The molecule has 36 valence electrons. The number of nitrogens with zero attached hydrogens (tertiary/aromatic N) is 2. The van der Waals surface area contributed by atoms with E-state index >= 15 is 0 Å². The van der Waals surface area contributed by atoms with Crippen LogP contribution in [0.3, 0.4) is 0 Å². The molecule has 0 saturated heterocycles. The van der Waals surface area contributed by atoms with Gasteiger partial charge in [0.2, 0.25) is 0 Å². The van der Waals surface area contributed by atoms with Gasteiger partial charge in [-0.15, -0.1) is 0 Å². The topological polar surface area (TPSA) is 99.6 Å². The summed E-state index contributed by atoms with van der Waals surface area (Å²) < 4.78 is 0. The summed E-state index contributed by atoms with van der Waals surface area (Å²) in [6, 6.07) is 0. The van der Waals surface area contributed by atoms with Crippen molar-refractivity contribution < 1.29 is 0 Å². The van der Waals surface area contributed by atoms with Crippen LogP contribution in [0.5, 0.6) is 0 Å². The SMILES string of the molecule is N#CN.N#CN.[CaH2]. The molecular weight excluding hydrogens is 120 g/mol. The van der Waals surface area contributed by atoms with E-state index in [1.165, 1.54) is 12.4 Å². The Morgan fingerprint density at radius 2 is 1.00 bits per heavy atom. The summed E-state index contributed by atoms with van der Waals surface area (Å²) in [5.74, 6) is 0. The zero-order valence-corrected chi connectivity index (χ0v) is 3.05. The molecule has 4 N–H and O–H groups in total. The van der Waals surface area contributed by atoms with E-state index in [0.717, 1.165) is 0 Å². The molecule has 0 aromatic heterocycles. The van der Waals surface area contributed by atoms with Crippen LogP contribution in [0.15, 0.2) is 0 Å². The standard InChI is InChI=1S/2CH2N2.Ca.2H/c2*2-1-3;;;/h2*2H2;;;. The Morgan fingerprint density at radius 3 is 1.00 bits per heavy atom. The molecule has 0 spiro atoms. The van der Waals surface area contributed by atoms with Crippen LogP contribution >= 0.6 is 0 Å². The molecule has 0 saturated carbocycles. The molecular formula is C2H6CaN4. The molecule has 0 unspecified atom stereocenters. The average Bonchev–Trinajstić information content (AvgIpc) is 1.39. The third-order valence-corrected chi connectivity index (χ3v) is 0. The number of nitriles is 2. The summed E-state index contributed by atoms with van der Waals surface area (Å²) in [5.41, 5.74) is 8.31. The molecule has 0 aliphatic carbocycles. The molecule has 4 nitrogen and oxygen atoms in total. The van der Waals surface area contributed by atoms with Crippen LogP contribution < -0.4 is 11.5 Å². The predicted octanol–water partition coefficient (Wildman–Crippen LogP) is -2.06. The van der Waals surface area contributed by atoms with E-state index in [4.69, 9.17) is 10.5 Å². The van der Waals surface area contributed by atoms with E-state index in [9.17, 15) is 0 Å². The molecule has 0 radical (unpaired) electrons. The van der Waals surface area contributed by atoms with E-state index in [0.29, 0.717) is 0 Å². The first kappa shape index (κ1) is 15.8. The normalized spacial score (nSPS) is 2.00. The van der Waals surface area contributed by atoms with Crippen LogP contribution in [-0.2, 0) is 0 Å². The van der Waals surface area contributed by atoms with Gasteiger partial charge in [0, 0.05) is 0 Å². The quantitative estimate of drug-likeness (QED) is 0.221. The molecule has 7 heavy (non-hydrogen) atoms. The first-order chi connectivity index (χ1) is 2.83. The summed E-state index contributed by atoms with van der Waals surface area (Å²) in [7, 11) is 0. The van der Waals surface area contributed by atoms with Gasteiger partial charge in [-0.25, -0.2) is 0 Å². The fourth-order valence-electron chi connectivity index (χ4n) is 0. The van der Waals surface area contributed by atoms with Crippen LogP contribution in [-0.4, -0.2) is 37.7 Å². The van der Waals surface area contributed by atoms with Gasteiger partial charge in [0.1, 0.15) is 0 Å². The minimum absolute atomic E-state index is 0. The molecule has 0 rings (SSSR count).